The molecule has 0 radical (unpaired) electrons. The fourth-order valence-corrected chi connectivity index (χ4v) is 3.32. The van der Waals surface area contributed by atoms with Crippen molar-refractivity contribution < 1.29 is 9.21 Å². The van der Waals surface area contributed by atoms with Gasteiger partial charge >= 0.3 is 0 Å². The molecule has 7 nitrogen and oxygen atoms in total. The van der Waals surface area contributed by atoms with Crippen LogP contribution in [0.4, 0.5) is 0 Å². The van der Waals surface area contributed by atoms with E-state index in [0.717, 1.165) is 38.4 Å². The van der Waals surface area contributed by atoms with Crippen molar-refractivity contribution in [2.75, 3.05) is 33.2 Å². The third-order valence-corrected chi connectivity index (χ3v) is 4.85. The number of nitrogens with zero attached hydrogens (tertiary/aromatic N) is 2. The summed E-state index contributed by atoms with van der Waals surface area (Å²) in [4.78, 5) is 18.6. The summed E-state index contributed by atoms with van der Waals surface area (Å²) in [6, 6.07) is 14.4. The minimum absolute atomic E-state index is 0. The Labute approximate surface area is 189 Å². The SMILES string of the molecule is CN=C(NCCNC(=O)c1ccco1)NC1CCN(Cc2ccccc2)CC1.I. The Bertz CT molecular complexity index is 744. The average molecular weight is 511 g/mol. The first-order chi connectivity index (χ1) is 13.7. The van der Waals surface area contributed by atoms with Crippen LogP contribution in [0.2, 0.25) is 0 Å². The smallest absolute Gasteiger partial charge is 0.287 e. The van der Waals surface area contributed by atoms with Crippen LogP contribution < -0.4 is 16.0 Å². The molecule has 1 aromatic carbocycles. The molecule has 0 saturated carbocycles. The number of guanidine groups is 1. The molecule has 2 aromatic rings. The second kappa shape index (κ2) is 12.5. The molecule has 1 saturated heterocycles. The Morgan fingerprint density at radius 1 is 1.10 bits per heavy atom. The van der Waals surface area contributed by atoms with Crippen molar-refractivity contribution in [1.82, 2.24) is 20.9 Å². The van der Waals surface area contributed by atoms with E-state index in [9.17, 15) is 4.79 Å². The highest BCUT2D eigenvalue weighted by Crippen LogP contribution is 2.13. The van der Waals surface area contributed by atoms with Gasteiger partial charge in [-0.15, -0.1) is 24.0 Å². The maximum atomic E-state index is 11.8. The van der Waals surface area contributed by atoms with E-state index in [-0.39, 0.29) is 29.9 Å². The molecule has 2 heterocycles. The highest BCUT2D eigenvalue weighted by molar-refractivity contribution is 14.0. The largest absolute Gasteiger partial charge is 0.459 e. The zero-order valence-corrected chi connectivity index (χ0v) is 19.1. The molecule has 0 aliphatic carbocycles. The van der Waals surface area contributed by atoms with Gasteiger partial charge in [-0.25, -0.2) is 0 Å². The lowest BCUT2D eigenvalue weighted by Crippen LogP contribution is -2.49. The summed E-state index contributed by atoms with van der Waals surface area (Å²) in [6.45, 7) is 4.25. The summed E-state index contributed by atoms with van der Waals surface area (Å²) in [5, 5.41) is 9.55. The third kappa shape index (κ3) is 7.69. The summed E-state index contributed by atoms with van der Waals surface area (Å²) in [6.07, 6.45) is 3.66. The van der Waals surface area contributed by atoms with Gasteiger partial charge in [0.1, 0.15) is 0 Å². The summed E-state index contributed by atoms with van der Waals surface area (Å²) in [7, 11) is 1.77. The normalized spacial score (nSPS) is 15.4. The van der Waals surface area contributed by atoms with Crippen LogP contribution in [0.5, 0.6) is 0 Å². The first kappa shape index (κ1) is 23.2. The van der Waals surface area contributed by atoms with Crippen LogP contribution in [0.1, 0.15) is 29.0 Å². The highest BCUT2D eigenvalue weighted by Gasteiger charge is 2.20. The number of furan rings is 1. The first-order valence-corrected chi connectivity index (χ1v) is 9.80. The number of aliphatic imine (C=N–C) groups is 1. The zero-order chi connectivity index (χ0) is 19.6. The van der Waals surface area contributed by atoms with Gasteiger partial charge in [0.2, 0.25) is 0 Å². The van der Waals surface area contributed by atoms with Crippen LogP contribution in [-0.4, -0.2) is 56.0 Å². The number of hydrogen-bond acceptors (Lipinski definition) is 4. The topological polar surface area (TPSA) is 81.9 Å². The van der Waals surface area contributed by atoms with Gasteiger partial charge in [-0.2, -0.15) is 0 Å². The van der Waals surface area contributed by atoms with Gasteiger partial charge in [0.05, 0.1) is 6.26 Å². The third-order valence-electron chi connectivity index (χ3n) is 4.85. The predicted molar refractivity (Wildman–Crippen MR) is 126 cm³/mol. The molecule has 8 heteroatoms. The number of piperidine rings is 1. The molecule has 158 valence electrons. The van der Waals surface area contributed by atoms with Crippen LogP contribution in [0.15, 0.2) is 58.1 Å². The minimum atomic E-state index is -0.208. The second-order valence-corrected chi connectivity index (χ2v) is 6.91. The Morgan fingerprint density at radius 3 is 2.48 bits per heavy atom. The van der Waals surface area contributed by atoms with E-state index in [0.29, 0.717) is 24.9 Å². The van der Waals surface area contributed by atoms with Gasteiger partial charge in [-0.1, -0.05) is 30.3 Å². The van der Waals surface area contributed by atoms with Crippen LogP contribution in [0.3, 0.4) is 0 Å². The van der Waals surface area contributed by atoms with E-state index in [1.54, 1.807) is 19.2 Å². The maximum Gasteiger partial charge on any atom is 0.287 e. The predicted octanol–water partition coefficient (Wildman–Crippen LogP) is 2.46. The van der Waals surface area contributed by atoms with Gasteiger partial charge in [0.25, 0.3) is 5.91 Å². The van der Waals surface area contributed by atoms with Crippen LogP contribution in [0.25, 0.3) is 0 Å². The van der Waals surface area contributed by atoms with Crippen molar-refractivity contribution in [2.24, 2.45) is 4.99 Å². The quantitative estimate of drug-likeness (QED) is 0.230. The Morgan fingerprint density at radius 2 is 1.83 bits per heavy atom. The number of likely N-dealkylation sites (tertiary alicyclic amines) is 1. The molecule has 3 rings (SSSR count). The van der Waals surface area contributed by atoms with Gasteiger partial charge < -0.3 is 20.4 Å². The van der Waals surface area contributed by atoms with Crippen LogP contribution >= 0.6 is 24.0 Å². The number of amides is 1. The molecule has 1 fully saturated rings. The standard InChI is InChI=1S/C21H29N5O2.HI/c1-22-21(24-12-11-23-20(27)19-8-5-15-28-19)25-18-9-13-26(14-10-18)16-17-6-3-2-4-7-17;/h2-8,15,18H,9-14,16H2,1H3,(H,23,27)(H2,22,24,25);1H. The molecule has 3 N–H and O–H groups in total. The fraction of sp³-hybridized carbons (Fsp3) is 0.429. The van der Waals surface area contributed by atoms with Crippen molar-refractivity contribution in [3.05, 3.63) is 60.1 Å². The number of benzene rings is 1. The van der Waals surface area contributed by atoms with E-state index in [1.807, 2.05) is 0 Å². The average Bonchev–Trinajstić information content (AvgIpc) is 3.27. The molecule has 0 unspecified atom stereocenters. The van der Waals surface area contributed by atoms with Gasteiger partial charge in [-0.05, 0) is 30.5 Å². The van der Waals surface area contributed by atoms with E-state index < -0.39 is 0 Å². The van der Waals surface area contributed by atoms with Crippen molar-refractivity contribution >= 4 is 35.8 Å². The second-order valence-electron chi connectivity index (χ2n) is 6.91. The van der Waals surface area contributed by atoms with E-state index in [1.165, 1.54) is 11.8 Å². The lowest BCUT2D eigenvalue weighted by Gasteiger charge is -2.33. The molecule has 1 aromatic heterocycles. The first-order valence-electron chi connectivity index (χ1n) is 9.80. The molecule has 1 amide bonds. The Kier molecular flexibility index (Phi) is 9.99. The molecular weight excluding hydrogens is 481 g/mol. The van der Waals surface area contributed by atoms with Crippen molar-refractivity contribution in [3.63, 3.8) is 0 Å². The highest BCUT2D eigenvalue weighted by atomic mass is 127. The van der Waals surface area contributed by atoms with Crippen molar-refractivity contribution in [2.45, 2.75) is 25.4 Å². The summed E-state index contributed by atoms with van der Waals surface area (Å²) in [5.74, 6) is 0.888. The van der Waals surface area contributed by atoms with Crippen LogP contribution in [-0.2, 0) is 6.54 Å². The lowest BCUT2D eigenvalue weighted by molar-refractivity contribution is 0.0926. The van der Waals surface area contributed by atoms with Crippen molar-refractivity contribution in [1.29, 1.82) is 0 Å². The van der Waals surface area contributed by atoms with E-state index in [4.69, 9.17) is 4.42 Å². The lowest BCUT2D eigenvalue weighted by atomic mass is 10.0. The minimum Gasteiger partial charge on any atom is -0.459 e. The van der Waals surface area contributed by atoms with Crippen molar-refractivity contribution in [3.8, 4) is 0 Å². The number of carbonyl (C=O) groups excluding carboxylic acids is 1. The summed E-state index contributed by atoms with van der Waals surface area (Å²) >= 11 is 0. The molecule has 0 bridgehead atoms. The van der Waals surface area contributed by atoms with Gasteiger partial charge in [-0.3, -0.25) is 14.7 Å². The Balaban J connectivity index is 0.00000300. The van der Waals surface area contributed by atoms with Gasteiger partial charge in [0, 0.05) is 45.8 Å². The van der Waals surface area contributed by atoms with E-state index >= 15 is 0 Å². The molecule has 1 aliphatic heterocycles. The molecular formula is C21H30IN5O2. The molecule has 29 heavy (non-hydrogen) atoms. The number of carbonyl (C=O) groups is 1. The molecule has 0 spiro atoms. The number of hydrogen-bond donors (Lipinski definition) is 3. The zero-order valence-electron chi connectivity index (χ0n) is 16.8. The number of nitrogens with one attached hydrogen (secondary N) is 3. The maximum absolute atomic E-state index is 11.8. The van der Waals surface area contributed by atoms with Crippen LogP contribution in [0, 0.1) is 0 Å². The summed E-state index contributed by atoms with van der Waals surface area (Å²) < 4.78 is 5.07. The fourth-order valence-electron chi connectivity index (χ4n) is 3.32. The van der Waals surface area contributed by atoms with E-state index in [2.05, 4.69) is 56.2 Å². The number of rotatable bonds is 7. The number of halogens is 1. The molecule has 0 atom stereocenters. The summed E-state index contributed by atoms with van der Waals surface area (Å²) in [5.41, 5.74) is 1.36. The molecule has 1 aliphatic rings. The Hall–Kier alpha value is -2.07. The van der Waals surface area contributed by atoms with Gasteiger partial charge in [0.15, 0.2) is 11.7 Å². The monoisotopic (exact) mass is 511 g/mol.